The monoisotopic (exact) mass is 266 g/mol. The van der Waals surface area contributed by atoms with Crippen molar-refractivity contribution in [3.8, 4) is 5.75 Å². The Bertz CT molecular complexity index is 600. The Hall–Kier alpha value is -2.35. The smallest absolute Gasteiger partial charge is 0.338 e. The molecule has 2 aromatic carbocycles. The highest BCUT2D eigenvalue weighted by Crippen LogP contribution is 2.21. The molecule has 0 saturated carbocycles. The second-order valence-electron chi connectivity index (χ2n) is 4.76. The Morgan fingerprint density at radius 1 is 1.00 bits per heavy atom. The minimum atomic E-state index is -0.378. The second kappa shape index (κ2) is 6.71. The fourth-order valence-electron chi connectivity index (χ4n) is 1.92. The van der Waals surface area contributed by atoms with E-state index in [4.69, 9.17) is 4.74 Å². The standard InChI is InChI=1S/C18H18O2/c1-14(2)18(19)20-17-11-7-6-10-16(17)13-12-15-8-4-3-5-9-15/h3-11H,1,12-13H2,2H3. The number of hydrogen-bond donors (Lipinski definition) is 0. The van der Waals surface area contributed by atoms with Gasteiger partial charge in [0, 0.05) is 5.57 Å². The van der Waals surface area contributed by atoms with E-state index in [-0.39, 0.29) is 5.97 Å². The van der Waals surface area contributed by atoms with Gasteiger partial charge in [0.25, 0.3) is 0 Å². The summed E-state index contributed by atoms with van der Waals surface area (Å²) in [4.78, 5) is 11.6. The Kier molecular flexibility index (Phi) is 4.72. The summed E-state index contributed by atoms with van der Waals surface area (Å²) in [6, 6.07) is 17.9. The number of hydrogen-bond acceptors (Lipinski definition) is 2. The van der Waals surface area contributed by atoms with Crippen molar-refractivity contribution in [2.75, 3.05) is 0 Å². The molecule has 2 nitrogen and oxygen atoms in total. The quantitative estimate of drug-likeness (QED) is 0.465. The number of benzene rings is 2. The van der Waals surface area contributed by atoms with Crippen LogP contribution < -0.4 is 4.74 Å². The van der Waals surface area contributed by atoms with Crippen LogP contribution in [0.25, 0.3) is 0 Å². The molecule has 20 heavy (non-hydrogen) atoms. The summed E-state index contributed by atoms with van der Waals surface area (Å²) >= 11 is 0. The molecule has 0 bridgehead atoms. The largest absolute Gasteiger partial charge is 0.423 e. The summed E-state index contributed by atoms with van der Waals surface area (Å²) in [6.45, 7) is 5.25. The van der Waals surface area contributed by atoms with Crippen LogP contribution in [-0.4, -0.2) is 5.97 Å². The molecule has 0 atom stereocenters. The van der Waals surface area contributed by atoms with Crippen LogP contribution in [0.1, 0.15) is 18.1 Å². The zero-order valence-corrected chi connectivity index (χ0v) is 11.6. The normalized spacial score (nSPS) is 10.1. The van der Waals surface area contributed by atoms with Crippen LogP contribution >= 0.6 is 0 Å². The van der Waals surface area contributed by atoms with Crippen LogP contribution in [0.2, 0.25) is 0 Å². The van der Waals surface area contributed by atoms with E-state index in [1.54, 1.807) is 6.92 Å². The van der Waals surface area contributed by atoms with E-state index >= 15 is 0 Å². The zero-order chi connectivity index (χ0) is 14.4. The SMILES string of the molecule is C=C(C)C(=O)Oc1ccccc1CCc1ccccc1. The van der Waals surface area contributed by atoms with Gasteiger partial charge in [0.2, 0.25) is 0 Å². The second-order valence-corrected chi connectivity index (χ2v) is 4.76. The first kappa shape index (κ1) is 14.1. The zero-order valence-electron chi connectivity index (χ0n) is 11.6. The molecule has 0 aliphatic heterocycles. The lowest BCUT2D eigenvalue weighted by molar-refractivity contribution is -0.130. The average molecular weight is 266 g/mol. The molecule has 2 rings (SSSR count). The number of para-hydroxylation sites is 1. The Morgan fingerprint density at radius 2 is 1.65 bits per heavy atom. The predicted molar refractivity (Wildman–Crippen MR) is 80.7 cm³/mol. The van der Waals surface area contributed by atoms with Crippen molar-refractivity contribution < 1.29 is 9.53 Å². The molecule has 0 saturated heterocycles. The molecule has 0 fully saturated rings. The molecule has 0 N–H and O–H groups in total. The molecule has 0 aromatic heterocycles. The van der Waals surface area contributed by atoms with Gasteiger partial charge in [0.15, 0.2) is 0 Å². The van der Waals surface area contributed by atoms with Crippen molar-refractivity contribution in [1.82, 2.24) is 0 Å². The Morgan fingerprint density at radius 3 is 2.35 bits per heavy atom. The topological polar surface area (TPSA) is 26.3 Å². The molecular formula is C18H18O2. The number of carbonyl (C=O) groups is 1. The van der Waals surface area contributed by atoms with Crippen molar-refractivity contribution in [1.29, 1.82) is 0 Å². The van der Waals surface area contributed by atoms with E-state index in [2.05, 4.69) is 18.7 Å². The molecule has 0 radical (unpaired) electrons. The predicted octanol–water partition coefficient (Wildman–Crippen LogP) is 3.95. The van der Waals surface area contributed by atoms with Crippen LogP contribution in [0.5, 0.6) is 5.75 Å². The fourth-order valence-corrected chi connectivity index (χ4v) is 1.92. The van der Waals surface area contributed by atoms with Gasteiger partial charge in [-0.05, 0) is 37.0 Å². The number of ether oxygens (including phenoxy) is 1. The van der Waals surface area contributed by atoms with Crippen LogP contribution in [0.15, 0.2) is 66.7 Å². The fraction of sp³-hybridized carbons (Fsp3) is 0.167. The minimum Gasteiger partial charge on any atom is -0.423 e. The molecule has 0 spiro atoms. The van der Waals surface area contributed by atoms with E-state index in [1.807, 2.05) is 42.5 Å². The van der Waals surface area contributed by atoms with Crippen LogP contribution in [0.4, 0.5) is 0 Å². The first-order valence-electron chi connectivity index (χ1n) is 6.66. The highest BCUT2D eigenvalue weighted by Gasteiger charge is 2.09. The molecule has 0 heterocycles. The van der Waals surface area contributed by atoms with Crippen LogP contribution in [-0.2, 0) is 17.6 Å². The van der Waals surface area contributed by atoms with Crippen molar-refractivity contribution in [2.45, 2.75) is 19.8 Å². The summed E-state index contributed by atoms with van der Waals surface area (Å²) in [7, 11) is 0. The van der Waals surface area contributed by atoms with Gasteiger partial charge >= 0.3 is 5.97 Å². The molecule has 0 aliphatic carbocycles. The number of aryl methyl sites for hydroxylation is 2. The third kappa shape index (κ3) is 3.82. The highest BCUT2D eigenvalue weighted by molar-refractivity contribution is 5.88. The first-order chi connectivity index (χ1) is 9.66. The van der Waals surface area contributed by atoms with Crippen molar-refractivity contribution in [3.05, 3.63) is 77.9 Å². The molecule has 0 aliphatic rings. The van der Waals surface area contributed by atoms with Crippen molar-refractivity contribution in [2.24, 2.45) is 0 Å². The molecular weight excluding hydrogens is 248 g/mol. The summed E-state index contributed by atoms with van der Waals surface area (Å²) in [6.07, 6.45) is 1.76. The van der Waals surface area contributed by atoms with Gasteiger partial charge in [-0.1, -0.05) is 55.1 Å². The van der Waals surface area contributed by atoms with Gasteiger partial charge in [0.1, 0.15) is 5.75 Å². The highest BCUT2D eigenvalue weighted by atomic mass is 16.5. The van der Waals surface area contributed by atoms with Gasteiger partial charge in [-0.3, -0.25) is 0 Å². The lowest BCUT2D eigenvalue weighted by Crippen LogP contribution is -2.10. The van der Waals surface area contributed by atoms with E-state index in [0.29, 0.717) is 11.3 Å². The third-order valence-electron chi connectivity index (χ3n) is 3.05. The summed E-state index contributed by atoms with van der Waals surface area (Å²) in [5, 5.41) is 0. The Labute approximate surface area is 119 Å². The van der Waals surface area contributed by atoms with Gasteiger partial charge in [-0.25, -0.2) is 4.79 Å². The number of esters is 1. The molecule has 2 heteroatoms. The van der Waals surface area contributed by atoms with Gasteiger partial charge < -0.3 is 4.74 Å². The molecule has 2 aromatic rings. The van der Waals surface area contributed by atoms with Gasteiger partial charge in [0.05, 0.1) is 0 Å². The van der Waals surface area contributed by atoms with E-state index in [9.17, 15) is 4.79 Å². The van der Waals surface area contributed by atoms with E-state index in [0.717, 1.165) is 18.4 Å². The third-order valence-corrected chi connectivity index (χ3v) is 3.05. The molecule has 0 amide bonds. The maximum Gasteiger partial charge on any atom is 0.338 e. The Balaban J connectivity index is 2.08. The van der Waals surface area contributed by atoms with Crippen molar-refractivity contribution >= 4 is 5.97 Å². The van der Waals surface area contributed by atoms with Crippen molar-refractivity contribution in [3.63, 3.8) is 0 Å². The van der Waals surface area contributed by atoms with Crippen LogP contribution in [0.3, 0.4) is 0 Å². The summed E-state index contributed by atoms with van der Waals surface area (Å²) < 4.78 is 5.36. The number of carbonyl (C=O) groups excluding carboxylic acids is 1. The lowest BCUT2D eigenvalue weighted by Gasteiger charge is -2.10. The summed E-state index contributed by atoms with van der Waals surface area (Å²) in [5.74, 6) is 0.244. The van der Waals surface area contributed by atoms with Gasteiger partial charge in [-0.15, -0.1) is 0 Å². The molecule has 0 unspecified atom stereocenters. The average Bonchev–Trinajstić information content (AvgIpc) is 2.47. The lowest BCUT2D eigenvalue weighted by atomic mass is 10.0. The molecule has 102 valence electrons. The maximum atomic E-state index is 11.6. The number of rotatable bonds is 5. The van der Waals surface area contributed by atoms with Crippen LogP contribution in [0, 0.1) is 0 Å². The minimum absolute atomic E-state index is 0.378. The maximum absolute atomic E-state index is 11.6. The summed E-state index contributed by atoms with van der Waals surface area (Å²) in [5.41, 5.74) is 2.71. The van der Waals surface area contributed by atoms with E-state index < -0.39 is 0 Å². The van der Waals surface area contributed by atoms with Gasteiger partial charge in [-0.2, -0.15) is 0 Å². The van der Waals surface area contributed by atoms with E-state index in [1.165, 1.54) is 5.56 Å². The first-order valence-corrected chi connectivity index (χ1v) is 6.66.